The Morgan fingerprint density at radius 3 is 1.25 bits per heavy atom. The van der Waals surface area contributed by atoms with Crippen molar-refractivity contribution < 1.29 is 47.5 Å². The zero-order valence-electron chi connectivity index (χ0n) is 40.2. The third kappa shape index (κ3) is 46.0. The lowest BCUT2D eigenvalue weighted by Gasteiger charge is -2.20. The zero-order valence-corrected chi connectivity index (χ0v) is 41.1. The summed E-state index contributed by atoms with van der Waals surface area (Å²) in [5.74, 6) is -2.38. The summed E-state index contributed by atoms with van der Waals surface area (Å²) in [6.07, 6.45) is 52.0. The van der Waals surface area contributed by atoms with Crippen LogP contribution in [0.4, 0.5) is 0 Å². The van der Waals surface area contributed by atoms with Crippen LogP contribution in [-0.4, -0.2) is 59.9 Å². The highest BCUT2D eigenvalue weighted by Crippen LogP contribution is 2.43. The summed E-state index contributed by atoms with van der Waals surface area (Å²) in [5.41, 5.74) is 5.35. The molecule has 0 aliphatic rings. The van der Waals surface area contributed by atoms with E-state index in [1.54, 1.807) is 0 Å². The van der Waals surface area contributed by atoms with Gasteiger partial charge in [0.15, 0.2) is 6.10 Å². The van der Waals surface area contributed by atoms with E-state index in [0.717, 1.165) is 64.2 Å². The molecular formula is C51H94NO10P. The summed E-state index contributed by atoms with van der Waals surface area (Å²) in [7, 11) is -4.72. The smallest absolute Gasteiger partial charge is 0.472 e. The number of ether oxygens (including phenoxy) is 2. The van der Waals surface area contributed by atoms with Gasteiger partial charge < -0.3 is 25.2 Å². The predicted octanol–water partition coefficient (Wildman–Crippen LogP) is 14.3. The largest absolute Gasteiger partial charge is 0.480 e. The molecule has 0 heterocycles. The number of phosphoric acid groups is 1. The van der Waals surface area contributed by atoms with Crippen LogP contribution < -0.4 is 5.73 Å². The maximum atomic E-state index is 12.7. The molecule has 0 radical (unpaired) electrons. The standard InChI is InChI=1S/C51H94NO10P/c1-3-5-7-9-11-13-15-17-19-21-22-23-24-25-26-27-29-31-33-35-37-39-41-43-50(54)62-47(45-60-63(57,58)61-46-48(52)51(55)56)44-59-49(53)42-40-38-36-34-32-30-28-20-18-16-14-12-10-8-6-4-2/h15,17,20-22,28,47-48H,3-14,16,18-19,23-27,29-46,52H2,1-2H3,(H,55,56)(H,57,58)/b17-15-,22-21-,28-20-. The van der Waals surface area contributed by atoms with Gasteiger partial charge in [-0.05, 0) is 70.6 Å². The number of esters is 2. The van der Waals surface area contributed by atoms with Crippen molar-refractivity contribution in [1.82, 2.24) is 0 Å². The number of carbonyl (C=O) groups is 3. The first-order chi connectivity index (χ1) is 30.6. The number of hydrogen-bond acceptors (Lipinski definition) is 9. The Hall–Kier alpha value is -2.30. The highest BCUT2D eigenvalue weighted by atomic mass is 31.2. The van der Waals surface area contributed by atoms with Crippen LogP contribution in [0.25, 0.3) is 0 Å². The third-order valence-corrected chi connectivity index (χ3v) is 12.1. The molecule has 12 heteroatoms. The number of phosphoric ester groups is 1. The molecule has 3 unspecified atom stereocenters. The Balaban J connectivity index is 4.24. The SMILES string of the molecule is CCCCCCC/C=C\C/C=C\CCCCCCCCCCCCCC(=O)OC(COC(=O)CCCCCCC/C=C\CCCCCCCCC)COP(=O)(O)OCC(N)C(=O)O. The number of nitrogens with two attached hydrogens (primary N) is 1. The van der Waals surface area contributed by atoms with Crippen LogP contribution in [-0.2, 0) is 37.5 Å². The average molecular weight is 912 g/mol. The summed E-state index contributed by atoms with van der Waals surface area (Å²) in [5, 5.41) is 8.92. The van der Waals surface area contributed by atoms with Gasteiger partial charge in [-0.2, -0.15) is 0 Å². The normalized spacial score (nSPS) is 13.8. The van der Waals surface area contributed by atoms with Crippen molar-refractivity contribution in [3.63, 3.8) is 0 Å². The van der Waals surface area contributed by atoms with Crippen LogP contribution in [0.5, 0.6) is 0 Å². The van der Waals surface area contributed by atoms with Crippen LogP contribution in [0.3, 0.4) is 0 Å². The zero-order chi connectivity index (χ0) is 46.3. The Morgan fingerprint density at radius 1 is 0.492 bits per heavy atom. The van der Waals surface area contributed by atoms with Crippen LogP contribution >= 0.6 is 7.82 Å². The predicted molar refractivity (Wildman–Crippen MR) is 259 cm³/mol. The maximum absolute atomic E-state index is 12.7. The molecule has 0 spiro atoms. The van der Waals surface area contributed by atoms with Crippen molar-refractivity contribution >= 4 is 25.7 Å². The van der Waals surface area contributed by atoms with Crippen molar-refractivity contribution in [2.45, 2.75) is 251 Å². The molecule has 368 valence electrons. The molecule has 0 aromatic heterocycles. The quantitative estimate of drug-likeness (QED) is 0.0230. The monoisotopic (exact) mass is 912 g/mol. The Labute approximate surface area is 384 Å². The topological polar surface area (TPSA) is 172 Å². The second-order valence-corrected chi connectivity index (χ2v) is 18.8. The van der Waals surface area contributed by atoms with Gasteiger partial charge in [0.2, 0.25) is 0 Å². The van der Waals surface area contributed by atoms with Gasteiger partial charge in [-0.1, -0.05) is 192 Å². The number of carboxylic acids is 1. The van der Waals surface area contributed by atoms with E-state index in [0.29, 0.717) is 12.8 Å². The number of rotatable bonds is 48. The molecular weight excluding hydrogens is 818 g/mol. The van der Waals surface area contributed by atoms with Gasteiger partial charge in [0.1, 0.15) is 12.6 Å². The molecule has 0 bridgehead atoms. The number of aliphatic carboxylic acids is 1. The van der Waals surface area contributed by atoms with Gasteiger partial charge in [-0.15, -0.1) is 0 Å². The van der Waals surface area contributed by atoms with E-state index >= 15 is 0 Å². The minimum Gasteiger partial charge on any atom is -0.480 e. The highest BCUT2D eigenvalue weighted by molar-refractivity contribution is 7.47. The fraction of sp³-hybridized carbons (Fsp3) is 0.824. The summed E-state index contributed by atoms with van der Waals surface area (Å²) in [6.45, 7) is 2.81. The summed E-state index contributed by atoms with van der Waals surface area (Å²) >= 11 is 0. The van der Waals surface area contributed by atoms with E-state index in [9.17, 15) is 23.8 Å². The fourth-order valence-corrected chi connectivity index (χ4v) is 7.87. The molecule has 0 aromatic rings. The van der Waals surface area contributed by atoms with E-state index in [4.69, 9.17) is 24.8 Å². The van der Waals surface area contributed by atoms with Crippen LogP contribution in [0, 0.1) is 0 Å². The van der Waals surface area contributed by atoms with Gasteiger partial charge in [-0.25, -0.2) is 4.57 Å². The average Bonchev–Trinajstić information content (AvgIpc) is 3.26. The van der Waals surface area contributed by atoms with Gasteiger partial charge >= 0.3 is 25.7 Å². The molecule has 0 saturated heterocycles. The van der Waals surface area contributed by atoms with Gasteiger partial charge in [-0.3, -0.25) is 23.4 Å². The van der Waals surface area contributed by atoms with Crippen molar-refractivity contribution in [1.29, 1.82) is 0 Å². The van der Waals surface area contributed by atoms with Crippen LogP contribution in [0.1, 0.15) is 239 Å². The first-order valence-corrected chi connectivity index (χ1v) is 27.0. The van der Waals surface area contributed by atoms with Gasteiger partial charge in [0.05, 0.1) is 13.2 Å². The summed E-state index contributed by atoms with van der Waals surface area (Å²) < 4.78 is 32.8. The molecule has 0 fully saturated rings. The molecule has 0 amide bonds. The van der Waals surface area contributed by atoms with E-state index in [1.807, 2.05) is 0 Å². The van der Waals surface area contributed by atoms with Gasteiger partial charge in [0, 0.05) is 12.8 Å². The number of unbranched alkanes of at least 4 members (excludes halogenated alkanes) is 28. The lowest BCUT2D eigenvalue weighted by atomic mass is 10.0. The first kappa shape index (κ1) is 60.7. The Kier molecular flexibility index (Phi) is 44.5. The number of hydrogen-bond donors (Lipinski definition) is 3. The van der Waals surface area contributed by atoms with Crippen molar-refractivity contribution in [2.24, 2.45) is 5.73 Å². The lowest BCUT2D eigenvalue weighted by molar-refractivity contribution is -0.161. The highest BCUT2D eigenvalue weighted by Gasteiger charge is 2.28. The molecule has 0 aromatic carbocycles. The first-order valence-electron chi connectivity index (χ1n) is 25.5. The fourth-order valence-electron chi connectivity index (χ4n) is 7.09. The minimum absolute atomic E-state index is 0.158. The summed E-state index contributed by atoms with van der Waals surface area (Å²) in [4.78, 5) is 46.2. The second kappa shape index (κ2) is 46.2. The molecule has 0 aliphatic heterocycles. The van der Waals surface area contributed by atoms with Crippen molar-refractivity contribution in [3.8, 4) is 0 Å². The Morgan fingerprint density at radius 2 is 0.841 bits per heavy atom. The molecule has 4 N–H and O–H groups in total. The van der Waals surface area contributed by atoms with Gasteiger partial charge in [0.25, 0.3) is 0 Å². The van der Waals surface area contributed by atoms with Crippen LogP contribution in [0.15, 0.2) is 36.5 Å². The second-order valence-electron chi connectivity index (χ2n) is 17.3. The number of carbonyl (C=O) groups excluding carboxylic acids is 2. The molecule has 0 rings (SSSR count). The summed E-state index contributed by atoms with van der Waals surface area (Å²) in [6, 6.07) is -1.52. The van der Waals surface area contributed by atoms with Crippen LogP contribution in [0.2, 0.25) is 0 Å². The van der Waals surface area contributed by atoms with Crippen molar-refractivity contribution in [3.05, 3.63) is 36.5 Å². The number of allylic oxidation sites excluding steroid dienone is 6. The maximum Gasteiger partial charge on any atom is 0.472 e. The minimum atomic E-state index is -4.72. The molecule has 0 aliphatic carbocycles. The molecule has 11 nitrogen and oxygen atoms in total. The van der Waals surface area contributed by atoms with E-state index in [-0.39, 0.29) is 19.4 Å². The Bertz CT molecular complexity index is 1210. The molecule has 3 atom stereocenters. The number of carboxylic acid groups (broad SMARTS) is 1. The molecule has 63 heavy (non-hydrogen) atoms. The van der Waals surface area contributed by atoms with E-state index in [2.05, 4.69) is 54.8 Å². The third-order valence-electron chi connectivity index (χ3n) is 11.1. The molecule has 0 saturated carbocycles. The van der Waals surface area contributed by atoms with E-state index in [1.165, 1.54) is 135 Å². The van der Waals surface area contributed by atoms with Crippen molar-refractivity contribution in [2.75, 3.05) is 19.8 Å². The lowest BCUT2D eigenvalue weighted by Crippen LogP contribution is -2.34. The van der Waals surface area contributed by atoms with E-state index < -0.39 is 51.1 Å².